The molecule has 2 amide bonds. The van der Waals surface area contributed by atoms with Crippen LogP contribution in [0.15, 0.2) is 90.3 Å². The molecule has 160 valence electrons. The number of anilines is 1. The Labute approximate surface area is 188 Å². The normalized spacial score (nSPS) is 11.5. The van der Waals surface area contributed by atoms with E-state index in [2.05, 4.69) is 14.9 Å². The maximum absolute atomic E-state index is 13.6. The molecule has 1 aromatic heterocycles. The van der Waals surface area contributed by atoms with Gasteiger partial charge in [-0.05, 0) is 46.9 Å². The van der Waals surface area contributed by atoms with E-state index in [0.29, 0.717) is 17.8 Å². The Balaban J connectivity index is 1.75. The molecule has 4 aromatic rings. The number of benzene rings is 3. The highest BCUT2D eigenvalue weighted by molar-refractivity contribution is 7.03. The van der Waals surface area contributed by atoms with Gasteiger partial charge in [-0.15, -0.1) is 5.10 Å². The fourth-order valence-corrected chi connectivity index (χ4v) is 3.73. The van der Waals surface area contributed by atoms with Crippen LogP contribution in [0.3, 0.4) is 0 Å². The van der Waals surface area contributed by atoms with E-state index >= 15 is 0 Å². The average molecular weight is 447 g/mol. The van der Waals surface area contributed by atoms with Crippen molar-refractivity contribution in [3.63, 3.8) is 0 Å². The highest BCUT2D eigenvalue weighted by Crippen LogP contribution is 2.30. The fourth-order valence-electron chi connectivity index (χ4n) is 3.30. The van der Waals surface area contributed by atoms with Gasteiger partial charge in [0.15, 0.2) is 5.69 Å². The molecule has 0 radical (unpaired) electrons. The van der Waals surface area contributed by atoms with Crippen LogP contribution in [-0.2, 0) is 11.3 Å². The Kier molecular flexibility index (Phi) is 6.62. The van der Waals surface area contributed by atoms with Crippen LogP contribution in [0.25, 0.3) is 0 Å². The largest absolute Gasteiger partial charge is 0.350 e. The van der Waals surface area contributed by atoms with Crippen LogP contribution in [0.5, 0.6) is 0 Å². The summed E-state index contributed by atoms with van der Waals surface area (Å²) in [6.45, 7) is 0.298. The van der Waals surface area contributed by atoms with E-state index in [9.17, 15) is 14.0 Å². The van der Waals surface area contributed by atoms with Crippen molar-refractivity contribution in [2.45, 2.75) is 12.6 Å². The molecule has 4 rings (SSSR count). The molecule has 1 atom stereocenters. The highest BCUT2D eigenvalue weighted by atomic mass is 32.1. The second-order valence-electron chi connectivity index (χ2n) is 6.96. The molecule has 1 N–H and O–H groups in total. The van der Waals surface area contributed by atoms with Gasteiger partial charge in [0.25, 0.3) is 5.91 Å². The van der Waals surface area contributed by atoms with Gasteiger partial charge in [0.2, 0.25) is 5.91 Å². The molecule has 0 bridgehead atoms. The van der Waals surface area contributed by atoms with Gasteiger partial charge in [-0.3, -0.25) is 14.5 Å². The minimum atomic E-state index is -1.00. The number of carbonyl (C=O) groups excluding carboxylic acids is 2. The van der Waals surface area contributed by atoms with E-state index in [1.165, 1.54) is 34.5 Å². The summed E-state index contributed by atoms with van der Waals surface area (Å²) >= 11 is 1.04. The summed E-state index contributed by atoms with van der Waals surface area (Å²) in [5.74, 6) is -1.32. The van der Waals surface area contributed by atoms with Crippen molar-refractivity contribution in [1.82, 2.24) is 14.9 Å². The van der Waals surface area contributed by atoms with E-state index < -0.39 is 17.8 Å². The molecule has 0 spiro atoms. The number of nitrogens with zero attached hydrogens (tertiary/aromatic N) is 3. The predicted molar refractivity (Wildman–Crippen MR) is 121 cm³/mol. The zero-order chi connectivity index (χ0) is 22.3. The van der Waals surface area contributed by atoms with Gasteiger partial charge in [0.05, 0.1) is 0 Å². The Morgan fingerprint density at radius 2 is 1.59 bits per heavy atom. The average Bonchev–Trinajstić information content (AvgIpc) is 3.38. The first-order valence-electron chi connectivity index (χ1n) is 9.86. The number of nitrogens with one attached hydrogen (secondary N) is 1. The first-order chi connectivity index (χ1) is 15.6. The van der Waals surface area contributed by atoms with E-state index in [1.807, 2.05) is 36.4 Å². The third-order valence-electron chi connectivity index (χ3n) is 4.83. The van der Waals surface area contributed by atoms with Gasteiger partial charge < -0.3 is 5.32 Å². The van der Waals surface area contributed by atoms with Crippen LogP contribution < -0.4 is 10.2 Å². The van der Waals surface area contributed by atoms with Crippen molar-refractivity contribution < 1.29 is 14.0 Å². The SMILES string of the molecule is O=C(NCc1ccccc1)[C@H](c1ccccc1)N(C(=O)c1csnn1)c1ccc(F)cc1. The molecule has 3 aromatic carbocycles. The van der Waals surface area contributed by atoms with Crippen molar-refractivity contribution in [2.75, 3.05) is 4.90 Å². The van der Waals surface area contributed by atoms with Crippen LogP contribution >= 0.6 is 11.5 Å². The van der Waals surface area contributed by atoms with Gasteiger partial charge in [-0.2, -0.15) is 0 Å². The lowest BCUT2D eigenvalue weighted by molar-refractivity contribution is -0.122. The van der Waals surface area contributed by atoms with E-state index in [-0.39, 0.29) is 11.6 Å². The molecular formula is C24H19FN4O2S. The van der Waals surface area contributed by atoms with Gasteiger partial charge in [-0.25, -0.2) is 4.39 Å². The molecule has 0 saturated heterocycles. The van der Waals surface area contributed by atoms with Gasteiger partial charge in [0.1, 0.15) is 11.9 Å². The molecule has 0 aliphatic carbocycles. The van der Waals surface area contributed by atoms with Crippen molar-refractivity contribution >= 4 is 29.0 Å². The predicted octanol–water partition coefficient (Wildman–Crippen LogP) is 4.38. The molecular weight excluding hydrogens is 427 g/mol. The smallest absolute Gasteiger partial charge is 0.280 e. The maximum Gasteiger partial charge on any atom is 0.280 e. The summed E-state index contributed by atoms with van der Waals surface area (Å²) < 4.78 is 17.4. The second-order valence-corrected chi connectivity index (χ2v) is 7.57. The van der Waals surface area contributed by atoms with Crippen LogP contribution in [0.4, 0.5) is 10.1 Å². The quantitative estimate of drug-likeness (QED) is 0.457. The Hall–Kier alpha value is -3.91. The number of aromatic nitrogens is 2. The van der Waals surface area contributed by atoms with Crippen molar-refractivity contribution in [1.29, 1.82) is 0 Å². The Morgan fingerprint density at radius 1 is 0.938 bits per heavy atom. The number of halogens is 1. The molecule has 6 nitrogen and oxygen atoms in total. The monoisotopic (exact) mass is 446 g/mol. The number of hydrogen-bond donors (Lipinski definition) is 1. The minimum absolute atomic E-state index is 0.108. The lowest BCUT2D eigenvalue weighted by Gasteiger charge is -2.31. The summed E-state index contributed by atoms with van der Waals surface area (Å²) in [6, 6.07) is 22.9. The van der Waals surface area contributed by atoms with Crippen molar-refractivity contribution in [2.24, 2.45) is 0 Å². The molecule has 1 heterocycles. The molecule has 0 aliphatic heterocycles. The summed E-state index contributed by atoms with van der Waals surface area (Å²) in [5.41, 5.74) is 2.01. The molecule has 0 unspecified atom stereocenters. The maximum atomic E-state index is 13.6. The molecule has 32 heavy (non-hydrogen) atoms. The van der Waals surface area contributed by atoms with Crippen molar-refractivity contribution in [3.8, 4) is 0 Å². The zero-order valence-electron chi connectivity index (χ0n) is 16.9. The summed E-state index contributed by atoms with van der Waals surface area (Å²) in [4.78, 5) is 28.2. The van der Waals surface area contributed by atoms with E-state index in [4.69, 9.17) is 0 Å². The molecule has 0 fully saturated rings. The third kappa shape index (κ3) is 4.87. The Bertz CT molecular complexity index is 1170. The van der Waals surface area contributed by atoms with Crippen molar-refractivity contribution in [3.05, 3.63) is 113 Å². The second kappa shape index (κ2) is 9.93. The van der Waals surface area contributed by atoms with Crippen LogP contribution in [-0.4, -0.2) is 21.4 Å². The van der Waals surface area contributed by atoms with Crippen LogP contribution in [0.2, 0.25) is 0 Å². The third-order valence-corrected chi connectivity index (χ3v) is 5.34. The van der Waals surface area contributed by atoms with Crippen LogP contribution in [0, 0.1) is 5.82 Å². The lowest BCUT2D eigenvalue weighted by Crippen LogP contribution is -2.44. The minimum Gasteiger partial charge on any atom is -0.350 e. The Morgan fingerprint density at radius 3 is 2.22 bits per heavy atom. The first kappa shape index (κ1) is 21.3. The summed E-state index contributed by atoms with van der Waals surface area (Å²) in [5, 5.41) is 8.32. The summed E-state index contributed by atoms with van der Waals surface area (Å²) in [7, 11) is 0. The van der Waals surface area contributed by atoms with E-state index in [1.54, 1.807) is 24.3 Å². The highest BCUT2D eigenvalue weighted by Gasteiger charge is 2.34. The number of amides is 2. The molecule has 0 aliphatic rings. The van der Waals surface area contributed by atoms with Gasteiger partial charge in [0, 0.05) is 17.6 Å². The molecule has 0 saturated carbocycles. The summed E-state index contributed by atoms with van der Waals surface area (Å²) in [6.07, 6.45) is 0. The van der Waals surface area contributed by atoms with E-state index in [0.717, 1.165) is 17.1 Å². The number of hydrogen-bond acceptors (Lipinski definition) is 5. The van der Waals surface area contributed by atoms with Gasteiger partial charge >= 0.3 is 0 Å². The topological polar surface area (TPSA) is 75.2 Å². The number of rotatable bonds is 7. The standard InChI is InChI=1S/C24H19FN4O2S/c25-19-11-13-20(14-12-19)29(24(31)21-16-32-28-27-21)22(18-9-5-2-6-10-18)23(30)26-15-17-7-3-1-4-8-17/h1-14,16,22H,15H2,(H,26,30)/t22-/m0/s1. The first-order valence-corrected chi connectivity index (χ1v) is 10.7. The van der Waals surface area contributed by atoms with Gasteiger partial charge in [-0.1, -0.05) is 65.2 Å². The number of carbonyl (C=O) groups is 2. The molecule has 8 heteroatoms. The lowest BCUT2D eigenvalue weighted by atomic mass is 10.0. The van der Waals surface area contributed by atoms with Crippen LogP contribution in [0.1, 0.15) is 27.7 Å². The fraction of sp³-hybridized carbons (Fsp3) is 0.0833. The zero-order valence-corrected chi connectivity index (χ0v) is 17.7.